The van der Waals surface area contributed by atoms with Crippen LogP contribution in [0.3, 0.4) is 0 Å². The van der Waals surface area contributed by atoms with Gasteiger partial charge in [0.1, 0.15) is 47.8 Å². The molecule has 2 unspecified atom stereocenters. The smallest absolute Gasteiger partial charge is 0.264 e. The minimum absolute atomic E-state index is 0.0246. The molecule has 3 aliphatic heterocycles. The molecule has 4 aromatic heterocycles. The molecule has 0 amide bonds. The van der Waals surface area contributed by atoms with Gasteiger partial charge in [-0.2, -0.15) is 0 Å². The number of aromatic nitrogens is 7. The summed E-state index contributed by atoms with van der Waals surface area (Å²) in [4.78, 5) is 30.3. The first-order valence-electron chi connectivity index (χ1n) is 13.1. The summed E-state index contributed by atoms with van der Waals surface area (Å²) in [6.45, 7) is -1.49. The van der Waals surface area contributed by atoms with Crippen LogP contribution >= 0.6 is 14.9 Å². The van der Waals surface area contributed by atoms with Crippen LogP contribution in [0.1, 0.15) is 12.5 Å². The van der Waals surface area contributed by atoms with E-state index in [-0.39, 0.29) is 22.6 Å². The van der Waals surface area contributed by atoms with Gasteiger partial charge in [-0.25, -0.2) is 28.7 Å². The fraction of sp³-hybridized carbons (Fsp3) is 0.476. The van der Waals surface area contributed by atoms with Crippen molar-refractivity contribution in [1.29, 1.82) is 0 Å². The highest BCUT2D eigenvalue weighted by atomic mass is 31.2. The first-order valence-corrected chi connectivity index (χ1v) is 16.3. The summed E-state index contributed by atoms with van der Waals surface area (Å²) < 4.78 is 92.3. The number of imidazole rings is 1. The average molecular weight is 666 g/mol. The van der Waals surface area contributed by atoms with E-state index in [0.717, 1.165) is 23.4 Å². The van der Waals surface area contributed by atoms with Crippen LogP contribution in [-0.4, -0.2) is 104 Å². The molecule has 4 aromatic rings. The largest absolute Gasteiger partial charge is 0.386 e. The van der Waals surface area contributed by atoms with Gasteiger partial charge in [-0.05, 0) is 0 Å². The summed E-state index contributed by atoms with van der Waals surface area (Å²) in [5.41, 5.74) is 5.08. The Morgan fingerprint density at radius 3 is 2.38 bits per heavy atom. The Morgan fingerprint density at radius 2 is 1.64 bits per heavy atom. The number of alkyl halides is 1. The lowest BCUT2D eigenvalue weighted by molar-refractivity contribution is -0.0558. The summed E-state index contributed by atoms with van der Waals surface area (Å²) in [6, 6.07) is 0. The van der Waals surface area contributed by atoms with Crippen LogP contribution in [0, 0.1) is 5.82 Å². The number of halogens is 2. The lowest BCUT2D eigenvalue weighted by Gasteiger charge is -2.30. The summed E-state index contributed by atoms with van der Waals surface area (Å²) in [5, 5.41) is 10.7. The van der Waals surface area contributed by atoms with Gasteiger partial charge in [-0.3, -0.25) is 18.5 Å². The Hall–Kier alpha value is -3.06. The van der Waals surface area contributed by atoms with Gasteiger partial charge in [0.2, 0.25) is 15.1 Å². The zero-order valence-corrected chi connectivity index (χ0v) is 24.3. The average Bonchev–Trinajstić information content (AvgIpc) is 3.71. The highest BCUT2D eigenvalue weighted by molar-refractivity contribution is 7.79. The molecule has 18 nitrogen and oxygen atoms in total. The van der Waals surface area contributed by atoms with Crippen LogP contribution < -0.4 is 11.3 Å². The maximum atomic E-state index is 15.9. The molecule has 3 saturated heterocycles. The number of rotatable bonds is 2. The Labute approximate surface area is 252 Å². The van der Waals surface area contributed by atoms with E-state index in [1.807, 2.05) is 0 Å². The number of aromatic amines is 1. The van der Waals surface area contributed by atoms with E-state index in [0.29, 0.717) is 0 Å². The molecule has 45 heavy (non-hydrogen) atoms. The molecule has 0 aromatic carbocycles. The van der Waals surface area contributed by atoms with E-state index in [1.165, 1.54) is 10.9 Å². The molecule has 7 heterocycles. The van der Waals surface area contributed by atoms with Crippen molar-refractivity contribution in [2.45, 2.75) is 49.1 Å². The lowest BCUT2D eigenvalue weighted by Crippen LogP contribution is -2.38. The number of anilines is 1. The second-order valence-electron chi connectivity index (χ2n) is 10.3. The van der Waals surface area contributed by atoms with E-state index in [4.69, 9.17) is 48.4 Å². The predicted octanol–water partition coefficient (Wildman–Crippen LogP) is 0.150. The number of nitrogen functional groups attached to an aromatic ring is 1. The fourth-order valence-corrected chi connectivity index (χ4v) is 7.47. The number of nitrogens with zero attached hydrogens (tertiary/aromatic N) is 6. The number of hydrogen-bond donors (Lipinski definition) is 3. The first-order chi connectivity index (χ1) is 21.3. The van der Waals surface area contributed by atoms with Crippen molar-refractivity contribution in [2.75, 3.05) is 18.9 Å². The van der Waals surface area contributed by atoms with Gasteiger partial charge < -0.3 is 48.0 Å². The molecular formula is C21H20B2F2N8O10P2. The molecule has 10 atom stereocenters. The molecule has 234 valence electrons. The van der Waals surface area contributed by atoms with Crippen molar-refractivity contribution in [3.05, 3.63) is 41.3 Å². The van der Waals surface area contributed by atoms with Crippen molar-refractivity contribution in [3.8, 4) is 0 Å². The standard InChI is InChI=1S/C21H20B2F2N8O10P2/c22-44(36)39-3-9-15(13(34)21(41-9)32-1-7(24)10-17(32)28-5-30-19(10)35)43-45(23,37)38-2-8-14(42-44)11(25)20(40-8)33-6-31-12-16(26)27-4-29-18(12)33/h1,4-6,8-9,11,13-15,20-21,34H,2-3H2,(H2,26,27,29)(H,28,30,35)/t8-,9-,11+,13+,14?,15?,20-,21-,44+,45-/m1/s1. The molecule has 0 saturated carbocycles. The molecule has 3 fully saturated rings. The molecule has 3 aliphatic rings. The van der Waals surface area contributed by atoms with Gasteiger partial charge in [0.15, 0.2) is 41.6 Å². The molecule has 0 aliphatic carbocycles. The van der Waals surface area contributed by atoms with Crippen molar-refractivity contribution < 1.29 is 50.6 Å². The molecule has 24 heteroatoms. The topological polar surface area (TPSA) is 230 Å². The van der Waals surface area contributed by atoms with Crippen LogP contribution in [0.5, 0.6) is 0 Å². The Morgan fingerprint density at radius 1 is 0.978 bits per heavy atom. The van der Waals surface area contributed by atoms with Gasteiger partial charge in [-0.15, -0.1) is 0 Å². The third-order valence-electron chi connectivity index (χ3n) is 7.46. The third-order valence-corrected chi connectivity index (χ3v) is 9.55. The highest BCUT2D eigenvalue weighted by Crippen LogP contribution is 2.53. The first kappa shape index (κ1) is 30.6. The van der Waals surface area contributed by atoms with Gasteiger partial charge in [0, 0.05) is 6.20 Å². The van der Waals surface area contributed by atoms with Crippen LogP contribution in [0.25, 0.3) is 22.2 Å². The van der Waals surface area contributed by atoms with E-state index in [9.17, 15) is 23.4 Å². The molecule has 4 N–H and O–H groups in total. The number of nitrogens with two attached hydrogens (primary N) is 1. The minimum Gasteiger partial charge on any atom is -0.386 e. The van der Waals surface area contributed by atoms with E-state index in [1.54, 1.807) is 0 Å². The third kappa shape index (κ3) is 5.33. The van der Waals surface area contributed by atoms with Crippen molar-refractivity contribution in [1.82, 2.24) is 34.1 Å². The normalized spacial score (nSPS) is 37.7. The summed E-state index contributed by atoms with van der Waals surface area (Å²) in [5.74, 6) is -0.951. The van der Waals surface area contributed by atoms with E-state index < -0.39 is 94.1 Å². The van der Waals surface area contributed by atoms with E-state index >= 15 is 4.39 Å². The maximum absolute atomic E-state index is 15.9. The van der Waals surface area contributed by atoms with Crippen LogP contribution in [0.15, 0.2) is 30.0 Å². The van der Waals surface area contributed by atoms with Crippen molar-refractivity contribution >= 4 is 58.1 Å². The number of nitrogens with one attached hydrogen (secondary N) is 1. The number of H-pyrrole nitrogens is 1. The molecule has 7 rings (SSSR count). The lowest BCUT2D eigenvalue weighted by atomic mass is 10.1. The number of aliphatic hydroxyl groups is 1. The van der Waals surface area contributed by atoms with Gasteiger partial charge in [0.05, 0.1) is 25.9 Å². The van der Waals surface area contributed by atoms with Gasteiger partial charge >= 0.3 is 0 Å². The van der Waals surface area contributed by atoms with Crippen LogP contribution in [0.2, 0.25) is 0 Å². The zero-order valence-electron chi connectivity index (χ0n) is 22.5. The second-order valence-corrected chi connectivity index (χ2v) is 13.4. The van der Waals surface area contributed by atoms with Crippen molar-refractivity contribution in [3.63, 3.8) is 0 Å². The van der Waals surface area contributed by atoms with Crippen LogP contribution in [-0.2, 0) is 36.7 Å². The molecule has 0 bridgehead atoms. The quantitative estimate of drug-likeness (QED) is 0.191. The summed E-state index contributed by atoms with van der Waals surface area (Å²) in [7, 11) is 2.41. The fourth-order valence-electron chi connectivity index (χ4n) is 5.45. The van der Waals surface area contributed by atoms with Crippen molar-refractivity contribution in [2.24, 2.45) is 0 Å². The Balaban J connectivity index is 1.17. The summed E-state index contributed by atoms with van der Waals surface area (Å²) >= 11 is 0. The molecular weight excluding hydrogens is 646 g/mol. The number of hydrogen-bond acceptors (Lipinski definition) is 15. The number of fused-ring (bicyclic) bond motifs is 4. The Bertz CT molecular complexity index is 1950. The van der Waals surface area contributed by atoms with Gasteiger partial charge in [0.25, 0.3) is 20.5 Å². The molecule has 0 spiro atoms. The van der Waals surface area contributed by atoms with E-state index in [2.05, 4.69) is 24.9 Å². The predicted molar refractivity (Wildman–Crippen MR) is 147 cm³/mol. The van der Waals surface area contributed by atoms with Crippen LogP contribution in [0.4, 0.5) is 14.6 Å². The zero-order chi connectivity index (χ0) is 31.8. The Kier molecular flexibility index (Phi) is 7.50. The van der Waals surface area contributed by atoms with Gasteiger partial charge in [-0.1, -0.05) is 0 Å². The number of ether oxygens (including phenoxy) is 2. The second kappa shape index (κ2) is 11.0. The summed E-state index contributed by atoms with van der Waals surface area (Å²) in [6.07, 6.45) is -8.86. The number of aliphatic hydroxyl groups excluding tert-OH is 1. The SMILES string of the molecule is [B][P@]1(=O)OC[C@H]2O[C@@H](n3cc(F)c4c(=O)[nH]cnc43)[C@@H](O)C2O[P@]([B])(=O)OC[C@H]2O[C@@H](n3cnc4c(N)ncnc43)[C@@H](F)C2O1. The monoisotopic (exact) mass is 666 g/mol. The minimum atomic E-state index is -4.63. The molecule has 4 radical (unpaired) electrons. The maximum Gasteiger partial charge on any atom is 0.264 e. The highest BCUT2D eigenvalue weighted by Gasteiger charge is 2.53.